The third-order valence-electron chi connectivity index (χ3n) is 6.00. The molecule has 0 saturated carbocycles. The first kappa shape index (κ1) is 22.2. The molecule has 3 aromatic carbocycles. The number of anilines is 2. The number of halogens is 1. The number of hydrogen-bond donors (Lipinski definition) is 0. The van der Waals surface area contributed by atoms with Crippen LogP contribution in [0.25, 0.3) is 21.9 Å². The van der Waals surface area contributed by atoms with Crippen LogP contribution in [0, 0.1) is 0 Å². The van der Waals surface area contributed by atoms with E-state index in [1.807, 2.05) is 24.3 Å². The van der Waals surface area contributed by atoms with Gasteiger partial charge >= 0.3 is 0 Å². The highest BCUT2D eigenvalue weighted by Gasteiger charge is 2.12. The molecular formula is C27H30ClN3O. The van der Waals surface area contributed by atoms with Gasteiger partial charge in [-0.3, -0.25) is 0 Å². The Bertz CT molecular complexity index is 1230. The summed E-state index contributed by atoms with van der Waals surface area (Å²) in [5.74, 6) is 0. The lowest BCUT2D eigenvalue weighted by atomic mass is 10.1. The van der Waals surface area contributed by atoms with Crippen LogP contribution >= 0.6 is 11.6 Å². The van der Waals surface area contributed by atoms with Crippen LogP contribution in [-0.4, -0.2) is 26.2 Å². The average Bonchev–Trinajstić information content (AvgIpc) is 2.81. The van der Waals surface area contributed by atoms with Crippen molar-refractivity contribution in [2.75, 3.05) is 36.0 Å². The van der Waals surface area contributed by atoms with Crippen LogP contribution in [0.1, 0.15) is 27.7 Å². The van der Waals surface area contributed by atoms with E-state index in [9.17, 15) is 0 Å². The standard InChI is InChI=1S/C27H30ClN3O/c1-5-30(6-2)19-13-15-21-25(17-19)32-26-18-20(31(7-3)8-4)14-16-22(26)27(21)29-24-12-10-9-11-23(24)28/h9-18H,5-8H2,1-4H3. The second-order valence-corrected chi connectivity index (χ2v) is 8.13. The first-order valence-corrected chi connectivity index (χ1v) is 11.8. The minimum absolute atomic E-state index is 0.633. The van der Waals surface area contributed by atoms with E-state index in [1.54, 1.807) is 0 Å². The summed E-state index contributed by atoms with van der Waals surface area (Å²) in [6.45, 7) is 12.4. The molecule has 0 radical (unpaired) electrons. The number of hydrogen-bond acceptors (Lipinski definition) is 4. The second kappa shape index (κ2) is 9.66. The van der Waals surface area contributed by atoms with E-state index in [1.165, 1.54) is 0 Å². The lowest BCUT2D eigenvalue weighted by Crippen LogP contribution is -2.22. The Balaban J connectivity index is 2.05. The second-order valence-electron chi connectivity index (χ2n) is 7.72. The molecule has 0 atom stereocenters. The molecule has 32 heavy (non-hydrogen) atoms. The SMILES string of the molecule is CCN(CC)c1ccc2c(=Nc3ccccc3Cl)c3ccc(N(CC)CC)cc3oc2c1. The molecule has 0 aliphatic heterocycles. The molecule has 0 aliphatic carbocycles. The van der Waals surface area contributed by atoms with E-state index < -0.39 is 0 Å². The molecule has 166 valence electrons. The predicted octanol–water partition coefficient (Wildman–Crippen LogP) is 7.16. The lowest BCUT2D eigenvalue weighted by Gasteiger charge is -2.22. The smallest absolute Gasteiger partial charge is 0.138 e. The zero-order valence-electron chi connectivity index (χ0n) is 19.2. The molecule has 0 spiro atoms. The molecule has 0 aliphatic rings. The van der Waals surface area contributed by atoms with Gasteiger partial charge in [0.1, 0.15) is 11.2 Å². The van der Waals surface area contributed by atoms with E-state index in [-0.39, 0.29) is 0 Å². The van der Waals surface area contributed by atoms with Crippen molar-refractivity contribution in [1.82, 2.24) is 0 Å². The Morgan fingerprint density at radius 2 is 1.22 bits per heavy atom. The van der Waals surface area contributed by atoms with E-state index in [2.05, 4.69) is 73.9 Å². The number of rotatable bonds is 7. The molecule has 0 fully saturated rings. The van der Waals surface area contributed by atoms with Crippen LogP contribution < -0.4 is 15.2 Å². The minimum atomic E-state index is 0.633. The summed E-state index contributed by atoms with van der Waals surface area (Å²) in [7, 11) is 0. The Morgan fingerprint density at radius 1 is 0.719 bits per heavy atom. The van der Waals surface area contributed by atoms with Crippen LogP contribution in [0.15, 0.2) is 70.1 Å². The van der Waals surface area contributed by atoms with E-state index in [4.69, 9.17) is 21.0 Å². The summed E-state index contributed by atoms with van der Waals surface area (Å²) >= 11 is 6.45. The number of benzene rings is 3. The number of para-hydroxylation sites is 1. The van der Waals surface area contributed by atoms with E-state index in [0.29, 0.717) is 5.02 Å². The van der Waals surface area contributed by atoms with Crippen LogP contribution in [0.4, 0.5) is 17.1 Å². The summed E-state index contributed by atoms with van der Waals surface area (Å²) in [5, 5.41) is 3.47. The lowest BCUT2D eigenvalue weighted by molar-refractivity contribution is 0.658. The molecular weight excluding hydrogens is 418 g/mol. The predicted molar refractivity (Wildman–Crippen MR) is 138 cm³/mol. The third-order valence-corrected chi connectivity index (χ3v) is 6.32. The van der Waals surface area contributed by atoms with Crippen molar-refractivity contribution >= 4 is 50.6 Å². The van der Waals surface area contributed by atoms with Gasteiger partial charge in [0.05, 0.1) is 16.1 Å². The maximum Gasteiger partial charge on any atom is 0.138 e. The molecule has 0 saturated heterocycles. The van der Waals surface area contributed by atoms with Gasteiger partial charge in [0.2, 0.25) is 0 Å². The van der Waals surface area contributed by atoms with Gasteiger partial charge in [-0.2, -0.15) is 0 Å². The largest absolute Gasteiger partial charge is 0.456 e. The summed E-state index contributed by atoms with van der Waals surface area (Å²) < 4.78 is 6.47. The fraction of sp³-hybridized carbons (Fsp3) is 0.296. The fourth-order valence-electron chi connectivity index (χ4n) is 4.20. The molecule has 5 heteroatoms. The van der Waals surface area contributed by atoms with Gasteiger partial charge < -0.3 is 14.2 Å². The minimum Gasteiger partial charge on any atom is -0.456 e. The van der Waals surface area contributed by atoms with Crippen LogP contribution in [-0.2, 0) is 0 Å². The van der Waals surface area contributed by atoms with Crippen molar-refractivity contribution in [1.29, 1.82) is 0 Å². The number of fused-ring (bicyclic) bond motifs is 2. The van der Waals surface area contributed by atoms with Crippen molar-refractivity contribution in [3.63, 3.8) is 0 Å². The molecule has 4 rings (SSSR count). The monoisotopic (exact) mass is 447 g/mol. The van der Waals surface area contributed by atoms with Gasteiger partial charge in [-0.05, 0) is 64.1 Å². The van der Waals surface area contributed by atoms with Crippen LogP contribution in [0.3, 0.4) is 0 Å². The molecule has 4 nitrogen and oxygen atoms in total. The highest BCUT2D eigenvalue weighted by Crippen LogP contribution is 2.29. The van der Waals surface area contributed by atoms with Crippen molar-refractivity contribution in [2.24, 2.45) is 4.99 Å². The summed E-state index contributed by atoms with van der Waals surface area (Å²) in [5.41, 5.74) is 4.70. The quantitative estimate of drug-likeness (QED) is 0.281. The zero-order chi connectivity index (χ0) is 22.7. The van der Waals surface area contributed by atoms with Gasteiger partial charge in [0, 0.05) is 60.5 Å². The van der Waals surface area contributed by atoms with Crippen molar-refractivity contribution < 1.29 is 4.42 Å². The molecule has 1 heterocycles. The molecule has 4 aromatic rings. The summed E-state index contributed by atoms with van der Waals surface area (Å²) in [6, 6.07) is 20.5. The Hall–Kier alpha value is -2.98. The Kier molecular flexibility index (Phi) is 6.71. The van der Waals surface area contributed by atoms with Crippen molar-refractivity contribution in [2.45, 2.75) is 27.7 Å². The van der Waals surface area contributed by atoms with E-state index in [0.717, 1.165) is 70.5 Å². The van der Waals surface area contributed by atoms with Gasteiger partial charge in [-0.1, -0.05) is 23.7 Å². The molecule has 0 N–H and O–H groups in total. The van der Waals surface area contributed by atoms with E-state index >= 15 is 0 Å². The fourth-order valence-corrected chi connectivity index (χ4v) is 4.38. The Labute approximate surface area is 194 Å². The average molecular weight is 448 g/mol. The van der Waals surface area contributed by atoms with Gasteiger partial charge in [-0.25, -0.2) is 4.99 Å². The number of nitrogens with zero attached hydrogens (tertiary/aromatic N) is 3. The topological polar surface area (TPSA) is 32.0 Å². The molecule has 0 unspecified atom stereocenters. The molecule has 0 amide bonds. The first-order valence-electron chi connectivity index (χ1n) is 11.4. The van der Waals surface area contributed by atoms with Gasteiger partial charge in [0.25, 0.3) is 0 Å². The Morgan fingerprint density at radius 3 is 1.69 bits per heavy atom. The molecule has 0 bridgehead atoms. The van der Waals surface area contributed by atoms with Crippen molar-refractivity contribution in [3.05, 3.63) is 71.0 Å². The normalized spacial score (nSPS) is 11.2. The maximum absolute atomic E-state index is 6.47. The highest BCUT2D eigenvalue weighted by atomic mass is 35.5. The van der Waals surface area contributed by atoms with Gasteiger partial charge in [0.15, 0.2) is 0 Å². The van der Waals surface area contributed by atoms with Gasteiger partial charge in [-0.15, -0.1) is 0 Å². The van der Waals surface area contributed by atoms with Crippen LogP contribution in [0.2, 0.25) is 5.02 Å². The zero-order valence-corrected chi connectivity index (χ0v) is 20.0. The first-order chi connectivity index (χ1) is 15.6. The van der Waals surface area contributed by atoms with Crippen LogP contribution in [0.5, 0.6) is 0 Å². The third kappa shape index (κ3) is 4.20. The summed E-state index contributed by atoms with van der Waals surface area (Å²) in [4.78, 5) is 9.64. The highest BCUT2D eigenvalue weighted by molar-refractivity contribution is 6.32. The summed E-state index contributed by atoms with van der Waals surface area (Å²) in [6.07, 6.45) is 0. The molecule has 1 aromatic heterocycles. The maximum atomic E-state index is 6.47. The van der Waals surface area contributed by atoms with Crippen molar-refractivity contribution in [3.8, 4) is 0 Å².